The summed E-state index contributed by atoms with van der Waals surface area (Å²) in [5, 5.41) is 0. The molecule has 0 fully saturated rings. The molecule has 3 heteroatoms. The molecule has 0 bridgehead atoms. The fourth-order valence-electron chi connectivity index (χ4n) is 0.937. The minimum Gasteiger partial charge on any atom is -0.459 e. The maximum Gasteiger partial charge on any atom is 0.341 e. The van der Waals surface area contributed by atoms with Crippen LogP contribution in [0.2, 0.25) is 0 Å². The molecule has 0 unspecified atom stereocenters. The van der Waals surface area contributed by atoms with Crippen molar-refractivity contribution in [1.29, 1.82) is 0 Å². The molecule has 80 valence electrons. The van der Waals surface area contributed by atoms with E-state index in [4.69, 9.17) is 4.74 Å². The first kappa shape index (κ1) is 12.9. The summed E-state index contributed by atoms with van der Waals surface area (Å²) < 4.78 is 4.94. The highest BCUT2D eigenvalue weighted by molar-refractivity contribution is 6.16. The Morgan fingerprint density at radius 3 is 2.29 bits per heavy atom. The van der Waals surface area contributed by atoms with Gasteiger partial charge >= 0.3 is 5.97 Å². The van der Waals surface area contributed by atoms with E-state index in [-0.39, 0.29) is 17.5 Å². The average molecular weight is 198 g/mol. The van der Waals surface area contributed by atoms with E-state index < -0.39 is 5.97 Å². The monoisotopic (exact) mass is 198 g/mol. The minimum absolute atomic E-state index is 0.167. The first-order valence-electron chi connectivity index (χ1n) is 4.91. The highest BCUT2D eigenvalue weighted by Crippen LogP contribution is 2.05. The van der Waals surface area contributed by atoms with Gasteiger partial charge in [-0.1, -0.05) is 19.4 Å². The number of hydrogen-bond acceptors (Lipinski definition) is 3. The Morgan fingerprint density at radius 2 is 1.93 bits per heavy atom. The molecule has 0 aromatic carbocycles. The van der Waals surface area contributed by atoms with Gasteiger partial charge in [0.1, 0.15) is 0 Å². The van der Waals surface area contributed by atoms with Gasteiger partial charge in [0.05, 0.1) is 11.7 Å². The van der Waals surface area contributed by atoms with Crippen molar-refractivity contribution in [1.82, 2.24) is 0 Å². The molecule has 0 spiro atoms. The summed E-state index contributed by atoms with van der Waals surface area (Å²) in [6.07, 6.45) is 3.09. The summed E-state index contributed by atoms with van der Waals surface area (Å²) in [7, 11) is 0. The average Bonchev–Trinajstić information content (AvgIpc) is 2.02. The summed E-state index contributed by atoms with van der Waals surface area (Å²) in [5.41, 5.74) is 0.167. The lowest BCUT2D eigenvalue weighted by Crippen LogP contribution is -2.17. The van der Waals surface area contributed by atoms with Gasteiger partial charge in [-0.2, -0.15) is 0 Å². The van der Waals surface area contributed by atoms with Crippen LogP contribution in [-0.4, -0.2) is 17.9 Å². The van der Waals surface area contributed by atoms with Gasteiger partial charge in [0, 0.05) is 0 Å². The number of esters is 1. The van der Waals surface area contributed by atoms with Gasteiger partial charge in [-0.15, -0.1) is 0 Å². The van der Waals surface area contributed by atoms with Crippen molar-refractivity contribution in [3.8, 4) is 0 Å². The summed E-state index contributed by atoms with van der Waals surface area (Å²) in [4.78, 5) is 22.5. The number of Topliss-reactive ketones (excluding diaryl/α,β-unsaturated/α-hetero) is 1. The van der Waals surface area contributed by atoms with E-state index in [1.807, 2.05) is 6.92 Å². The molecule has 0 amide bonds. The second-order valence-electron chi connectivity index (χ2n) is 3.42. The molecule has 0 heterocycles. The quantitative estimate of drug-likeness (QED) is 0.294. The van der Waals surface area contributed by atoms with Gasteiger partial charge < -0.3 is 4.74 Å². The van der Waals surface area contributed by atoms with E-state index in [1.54, 1.807) is 19.9 Å². The largest absolute Gasteiger partial charge is 0.459 e. The third-order valence-corrected chi connectivity index (χ3v) is 1.58. The van der Waals surface area contributed by atoms with Crippen molar-refractivity contribution in [3.05, 3.63) is 11.6 Å². The zero-order valence-corrected chi connectivity index (χ0v) is 9.29. The van der Waals surface area contributed by atoms with E-state index in [0.717, 1.165) is 12.8 Å². The number of carbonyl (C=O) groups excluding carboxylic acids is 2. The van der Waals surface area contributed by atoms with Crippen LogP contribution in [0.25, 0.3) is 0 Å². The fourth-order valence-corrected chi connectivity index (χ4v) is 0.937. The van der Waals surface area contributed by atoms with Crippen molar-refractivity contribution in [2.75, 3.05) is 0 Å². The van der Waals surface area contributed by atoms with Gasteiger partial charge in [-0.25, -0.2) is 4.79 Å². The van der Waals surface area contributed by atoms with Gasteiger partial charge in [0.25, 0.3) is 0 Å². The van der Waals surface area contributed by atoms with Crippen molar-refractivity contribution in [2.24, 2.45) is 0 Å². The minimum atomic E-state index is -0.513. The van der Waals surface area contributed by atoms with Crippen molar-refractivity contribution in [2.45, 2.75) is 46.6 Å². The third kappa shape index (κ3) is 4.80. The SMILES string of the molecule is CCC/C=C(\C(C)=O)C(=O)OC(C)C. The van der Waals surface area contributed by atoms with Crippen LogP contribution in [0.15, 0.2) is 11.6 Å². The molecule has 0 rings (SSSR count). The van der Waals surface area contributed by atoms with Gasteiger partial charge in [-0.05, 0) is 27.2 Å². The highest BCUT2D eigenvalue weighted by Gasteiger charge is 2.16. The standard InChI is InChI=1S/C11H18O3/c1-5-6-7-10(9(4)12)11(13)14-8(2)3/h7-8H,5-6H2,1-4H3/b10-7+. The van der Waals surface area contributed by atoms with Crippen LogP contribution >= 0.6 is 0 Å². The number of rotatable bonds is 5. The molecule has 0 atom stereocenters. The van der Waals surface area contributed by atoms with Crippen molar-refractivity contribution < 1.29 is 14.3 Å². The van der Waals surface area contributed by atoms with Crippen LogP contribution < -0.4 is 0 Å². The maximum absolute atomic E-state index is 11.4. The van der Waals surface area contributed by atoms with E-state index in [9.17, 15) is 9.59 Å². The smallest absolute Gasteiger partial charge is 0.341 e. The number of ether oxygens (including phenoxy) is 1. The Morgan fingerprint density at radius 1 is 1.36 bits per heavy atom. The summed E-state index contributed by atoms with van der Waals surface area (Å²) in [5.74, 6) is -0.745. The molecule has 0 aliphatic carbocycles. The van der Waals surface area contributed by atoms with E-state index in [2.05, 4.69) is 0 Å². The number of allylic oxidation sites excluding steroid dienone is 1. The predicted molar refractivity (Wildman–Crippen MR) is 54.9 cm³/mol. The first-order valence-corrected chi connectivity index (χ1v) is 4.91. The van der Waals surface area contributed by atoms with Gasteiger partial charge in [0.2, 0.25) is 0 Å². The topological polar surface area (TPSA) is 43.4 Å². The Kier molecular flexibility index (Phi) is 5.84. The number of unbranched alkanes of at least 4 members (excludes halogenated alkanes) is 1. The second-order valence-corrected chi connectivity index (χ2v) is 3.42. The lowest BCUT2D eigenvalue weighted by Gasteiger charge is -2.08. The van der Waals surface area contributed by atoms with Gasteiger partial charge in [0.15, 0.2) is 5.78 Å². The molecule has 0 aliphatic heterocycles. The zero-order valence-electron chi connectivity index (χ0n) is 9.29. The molecular formula is C11H18O3. The van der Waals surface area contributed by atoms with E-state index in [0.29, 0.717) is 0 Å². The first-order chi connectivity index (χ1) is 6.49. The second kappa shape index (κ2) is 6.35. The molecule has 14 heavy (non-hydrogen) atoms. The molecular weight excluding hydrogens is 180 g/mol. The van der Waals surface area contributed by atoms with Crippen LogP contribution in [0, 0.1) is 0 Å². The van der Waals surface area contributed by atoms with Crippen LogP contribution in [0.4, 0.5) is 0 Å². The molecule has 0 radical (unpaired) electrons. The molecule has 0 N–H and O–H groups in total. The van der Waals surface area contributed by atoms with E-state index in [1.165, 1.54) is 6.92 Å². The normalized spacial score (nSPS) is 11.6. The Bertz CT molecular complexity index is 239. The molecule has 0 saturated heterocycles. The number of carbonyl (C=O) groups is 2. The number of hydrogen-bond donors (Lipinski definition) is 0. The fraction of sp³-hybridized carbons (Fsp3) is 0.636. The number of ketones is 1. The predicted octanol–water partition coefficient (Wildman–Crippen LogP) is 2.25. The molecule has 0 aliphatic rings. The lowest BCUT2D eigenvalue weighted by molar-refractivity contribution is -0.143. The molecule has 0 aromatic heterocycles. The van der Waals surface area contributed by atoms with Crippen molar-refractivity contribution in [3.63, 3.8) is 0 Å². The summed E-state index contributed by atoms with van der Waals surface area (Å²) in [6, 6.07) is 0. The Labute approximate surface area is 85.1 Å². The van der Waals surface area contributed by atoms with Crippen LogP contribution in [-0.2, 0) is 14.3 Å². The summed E-state index contributed by atoms with van der Waals surface area (Å²) >= 11 is 0. The van der Waals surface area contributed by atoms with Crippen molar-refractivity contribution >= 4 is 11.8 Å². The van der Waals surface area contributed by atoms with Crippen LogP contribution in [0.1, 0.15) is 40.5 Å². The lowest BCUT2D eigenvalue weighted by atomic mass is 10.1. The Hall–Kier alpha value is -1.12. The van der Waals surface area contributed by atoms with Crippen LogP contribution in [0.5, 0.6) is 0 Å². The maximum atomic E-state index is 11.4. The van der Waals surface area contributed by atoms with Crippen LogP contribution in [0.3, 0.4) is 0 Å². The zero-order chi connectivity index (χ0) is 11.1. The highest BCUT2D eigenvalue weighted by atomic mass is 16.5. The molecule has 0 aromatic rings. The van der Waals surface area contributed by atoms with Gasteiger partial charge in [-0.3, -0.25) is 4.79 Å². The summed E-state index contributed by atoms with van der Waals surface area (Å²) in [6.45, 7) is 6.88. The third-order valence-electron chi connectivity index (χ3n) is 1.58. The molecule has 3 nitrogen and oxygen atoms in total. The van der Waals surface area contributed by atoms with E-state index >= 15 is 0 Å². The molecule has 0 saturated carbocycles. The Balaban J connectivity index is 4.50.